The molecule has 0 aliphatic heterocycles. The fraction of sp³-hybridized carbons (Fsp3) is 0.625. The minimum atomic E-state index is -0.571. The van der Waals surface area contributed by atoms with E-state index in [2.05, 4.69) is 45.0 Å². The van der Waals surface area contributed by atoms with Crippen molar-refractivity contribution in [3.05, 3.63) is 35.4 Å². The lowest BCUT2D eigenvalue weighted by atomic mass is 9.82. The van der Waals surface area contributed by atoms with Gasteiger partial charge in [0.1, 0.15) is 0 Å². The highest BCUT2D eigenvalue weighted by Gasteiger charge is 2.44. The highest BCUT2D eigenvalue weighted by molar-refractivity contribution is 5.28. The average Bonchev–Trinajstić information content (AvgIpc) is 3.11. The van der Waals surface area contributed by atoms with Crippen molar-refractivity contribution in [1.29, 1.82) is 0 Å². The van der Waals surface area contributed by atoms with Crippen LogP contribution in [0.2, 0.25) is 0 Å². The van der Waals surface area contributed by atoms with Crippen molar-refractivity contribution >= 4 is 0 Å². The largest absolute Gasteiger partial charge is 0.385 e. The van der Waals surface area contributed by atoms with Crippen LogP contribution in [0.15, 0.2) is 24.3 Å². The summed E-state index contributed by atoms with van der Waals surface area (Å²) in [5, 5.41) is 11.0. The van der Waals surface area contributed by atoms with E-state index < -0.39 is 5.60 Å². The van der Waals surface area contributed by atoms with Gasteiger partial charge in [0.15, 0.2) is 0 Å². The van der Waals surface area contributed by atoms with Crippen LogP contribution in [0, 0.1) is 18.8 Å². The fourth-order valence-corrected chi connectivity index (χ4v) is 2.50. The van der Waals surface area contributed by atoms with Crippen molar-refractivity contribution in [2.75, 3.05) is 0 Å². The molecular formula is C16H24O. The van der Waals surface area contributed by atoms with Gasteiger partial charge in [-0.1, -0.05) is 43.7 Å². The van der Waals surface area contributed by atoms with Crippen molar-refractivity contribution in [1.82, 2.24) is 0 Å². The van der Waals surface area contributed by atoms with E-state index in [0.29, 0.717) is 11.8 Å². The van der Waals surface area contributed by atoms with Crippen molar-refractivity contribution in [3.8, 4) is 0 Å². The highest BCUT2D eigenvalue weighted by atomic mass is 16.3. The zero-order valence-electron chi connectivity index (χ0n) is 11.2. The third-order valence-corrected chi connectivity index (χ3v) is 3.91. The number of benzene rings is 1. The van der Waals surface area contributed by atoms with Crippen LogP contribution in [0.25, 0.3) is 0 Å². The van der Waals surface area contributed by atoms with E-state index in [0.717, 1.165) is 18.4 Å². The van der Waals surface area contributed by atoms with Gasteiger partial charge < -0.3 is 5.11 Å². The molecule has 1 nitrogen and oxygen atoms in total. The van der Waals surface area contributed by atoms with Crippen LogP contribution < -0.4 is 0 Å². The molecule has 94 valence electrons. The molecule has 1 unspecified atom stereocenters. The Kier molecular flexibility index (Phi) is 3.58. The third-order valence-electron chi connectivity index (χ3n) is 3.91. The van der Waals surface area contributed by atoms with Gasteiger partial charge >= 0.3 is 0 Å². The van der Waals surface area contributed by atoms with Crippen molar-refractivity contribution in [3.63, 3.8) is 0 Å². The van der Waals surface area contributed by atoms with Crippen LogP contribution in [-0.4, -0.2) is 5.11 Å². The molecule has 1 N–H and O–H groups in total. The SMILES string of the molecule is Cc1ccc(C(O)(CCC(C)C)C2CC2)cc1. The number of aryl methyl sites for hydroxylation is 1. The average molecular weight is 232 g/mol. The molecule has 0 heterocycles. The van der Waals surface area contributed by atoms with Gasteiger partial charge in [0.05, 0.1) is 5.60 Å². The van der Waals surface area contributed by atoms with Crippen LogP contribution in [-0.2, 0) is 5.60 Å². The Hall–Kier alpha value is -0.820. The quantitative estimate of drug-likeness (QED) is 0.812. The molecule has 1 fully saturated rings. The molecule has 0 radical (unpaired) electrons. The Morgan fingerprint density at radius 2 is 1.82 bits per heavy atom. The van der Waals surface area contributed by atoms with E-state index >= 15 is 0 Å². The van der Waals surface area contributed by atoms with Crippen LogP contribution in [0.1, 0.15) is 50.7 Å². The first-order valence-corrected chi connectivity index (χ1v) is 6.82. The van der Waals surface area contributed by atoms with Crippen molar-refractivity contribution in [2.24, 2.45) is 11.8 Å². The molecule has 1 aliphatic rings. The second-order valence-electron chi connectivity index (χ2n) is 6.00. The lowest BCUT2D eigenvalue weighted by molar-refractivity contribution is -0.000744. The molecule has 1 atom stereocenters. The van der Waals surface area contributed by atoms with Crippen molar-refractivity contribution in [2.45, 2.75) is 52.1 Å². The maximum absolute atomic E-state index is 11.0. The van der Waals surface area contributed by atoms with E-state index in [1.165, 1.54) is 18.4 Å². The third kappa shape index (κ3) is 2.90. The van der Waals surface area contributed by atoms with E-state index in [1.807, 2.05) is 0 Å². The monoisotopic (exact) mass is 232 g/mol. The second-order valence-corrected chi connectivity index (χ2v) is 6.00. The highest BCUT2D eigenvalue weighted by Crippen LogP contribution is 2.48. The summed E-state index contributed by atoms with van der Waals surface area (Å²) >= 11 is 0. The number of hydrogen-bond donors (Lipinski definition) is 1. The van der Waals surface area contributed by atoms with Gasteiger partial charge in [-0.2, -0.15) is 0 Å². The molecule has 0 bridgehead atoms. The number of rotatable bonds is 5. The zero-order valence-corrected chi connectivity index (χ0v) is 11.2. The maximum Gasteiger partial charge on any atom is 0.0924 e. The summed E-state index contributed by atoms with van der Waals surface area (Å²) in [6.45, 7) is 6.54. The van der Waals surface area contributed by atoms with Crippen molar-refractivity contribution < 1.29 is 5.11 Å². The van der Waals surface area contributed by atoms with E-state index in [1.54, 1.807) is 0 Å². The Balaban J connectivity index is 2.18. The van der Waals surface area contributed by atoms with Gasteiger partial charge in [0.25, 0.3) is 0 Å². The lowest BCUT2D eigenvalue weighted by Crippen LogP contribution is -2.28. The van der Waals surface area contributed by atoms with Gasteiger partial charge in [-0.3, -0.25) is 0 Å². The molecule has 1 aromatic rings. The number of hydrogen-bond acceptors (Lipinski definition) is 1. The van der Waals surface area contributed by atoms with E-state index in [9.17, 15) is 5.11 Å². The maximum atomic E-state index is 11.0. The predicted octanol–water partition coefficient (Wildman–Crippen LogP) is 4.03. The first-order valence-electron chi connectivity index (χ1n) is 6.82. The number of aliphatic hydroxyl groups is 1. The molecule has 1 aliphatic carbocycles. The van der Waals surface area contributed by atoms with Gasteiger partial charge in [-0.15, -0.1) is 0 Å². The zero-order chi connectivity index (χ0) is 12.5. The normalized spacial score (nSPS) is 19.4. The second kappa shape index (κ2) is 4.81. The van der Waals surface area contributed by atoms with Crippen LogP contribution >= 0.6 is 0 Å². The molecule has 17 heavy (non-hydrogen) atoms. The minimum absolute atomic E-state index is 0.490. The Labute approximate surface area is 105 Å². The topological polar surface area (TPSA) is 20.2 Å². The molecule has 2 rings (SSSR count). The predicted molar refractivity (Wildman–Crippen MR) is 71.9 cm³/mol. The van der Waals surface area contributed by atoms with Gasteiger partial charge in [-0.05, 0) is 50.0 Å². The molecule has 0 saturated heterocycles. The summed E-state index contributed by atoms with van der Waals surface area (Å²) in [7, 11) is 0. The molecule has 1 saturated carbocycles. The molecule has 1 heteroatoms. The summed E-state index contributed by atoms with van der Waals surface area (Å²) in [4.78, 5) is 0. The molecule has 0 aromatic heterocycles. The van der Waals surface area contributed by atoms with Crippen LogP contribution in [0.4, 0.5) is 0 Å². The first-order chi connectivity index (χ1) is 8.02. The Morgan fingerprint density at radius 1 is 1.24 bits per heavy atom. The summed E-state index contributed by atoms with van der Waals surface area (Å²) in [5.74, 6) is 1.15. The van der Waals surface area contributed by atoms with Crippen LogP contribution in [0.5, 0.6) is 0 Å². The van der Waals surface area contributed by atoms with E-state index in [4.69, 9.17) is 0 Å². The summed E-state index contributed by atoms with van der Waals surface area (Å²) < 4.78 is 0. The Morgan fingerprint density at radius 3 is 2.29 bits per heavy atom. The first kappa shape index (κ1) is 12.6. The molecule has 0 spiro atoms. The van der Waals surface area contributed by atoms with Gasteiger partial charge in [-0.25, -0.2) is 0 Å². The molecule has 0 amide bonds. The molecular weight excluding hydrogens is 208 g/mol. The smallest absolute Gasteiger partial charge is 0.0924 e. The fourth-order valence-electron chi connectivity index (χ4n) is 2.50. The standard InChI is InChI=1S/C16H24O/c1-12(2)10-11-16(17,15-8-9-15)14-6-4-13(3)5-7-14/h4-7,12,15,17H,8-11H2,1-3H3. The van der Waals surface area contributed by atoms with Gasteiger partial charge in [0, 0.05) is 0 Å². The van der Waals surface area contributed by atoms with E-state index in [-0.39, 0.29) is 0 Å². The lowest BCUT2D eigenvalue weighted by Gasteiger charge is -2.30. The molecule has 1 aromatic carbocycles. The summed E-state index contributed by atoms with van der Waals surface area (Å²) in [6, 6.07) is 8.43. The Bertz CT molecular complexity index is 362. The van der Waals surface area contributed by atoms with Crippen LogP contribution in [0.3, 0.4) is 0 Å². The van der Waals surface area contributed by atoms with Gasteiger partial charge in [0.2, 0.25) is 0 Å². The summed E-state index contributed by atoms with van der Waals surface area (Å²) in [6.07, 6.45) is 4.37. The summed E-state index contributed by atoms with van der Waals surface area (Å²) in [5.41, 5.74) is 1.81. The minimum Gasteiger partial charge on any atom is -0.385 e.